The van der Waals surface area contributed by atoms with Crippen molar-refractivity contribution in [3.05, 3.63) is 82.9 Å². The monoisotopic (exact) mass is 445 g/mol. The molecule has 0 bridgehead atoms. The number of imide groups is 1. The van der Waals surface area contributed by atoms with Crippen LogP contribution in [0.25, 0.3) is 0 Å². The van der Waals surface area contributed by atoms with Crippen LogP contribution in [0, 0.1) is 13.8 Å². The number of carbonyl (C=O) groups excluding carboxylic acids is 3. The average Bonchev–Trinajstić information content (AvgIpc) is 3.30. The van der Waals surface area contributed by atoms with Crippen LogP contribution in [0.15, 0.2) is 54.9 Å². The van der Waals surface area contributed by atoms with E-state index in [1.165, 1.54) is 4.90 Å². The fourth-order valence-corrected chi connectivity index (χ4v) is 4.47. The molecule has 2 aromatic heterocycles. The Hall–Kier alpha value is -3.81. The van der Waals surface area contributed by atoms with Crippen molar-refractivity contribution in [1.82, 2.24) is 25.0 Å². The summed E-state index contributed by atoms with van der Waals surface area (Å²) in [7, 11) is 1.69. The maximum atomic E-state index is 13.8. The van der Waals surface area contributed by atoms with Crippen molar-refractivity contribution < 1.29 is 14.4 Å². The van der Waals surface area contributed by atoms with E-state index >= 15 is 0 Å². The third-order valence-electron chi connectivity index (χ3n) is 6.17. The van der Waals surface area contributed by atoms with E-state index in [-0.39, 0.29) is 37.1 Å². The van der Waals surface area contributed by atoms with Crippen molar-refractivity contribution >= 4 is 17.7 Å². The first-order chi connectivity index (χ1) is 15.8. The number of aromatic nitrogens is 3. The van der Waals surface area contributed by atoms with Gasteiger partial charge in [0.15, 0.2) is 0 Å². The molecule has 1 N–H and O–H groups in total. The SMILES string of the molecule is Cc1cc(CN(C)C(=O)C[C@@]2(c3ccccc3C)CC(=O)N(Cc3cccnc3)C2=O)n[nH]1. The van der Waals surface area contributed by atoms with E-state index in [2.05, 4.69) is 15.2 Å². The number of nitrogens with one attached hydrogen (secondary N) is 1. The minimum absolute atomic E-state index is 0.0436. The lowest BCUT2D eigenvalue weighted by molar-refractivity contribution is -0.143. The minimum atomic E-state index is -1.24. The molecule has 3 aromatic rings. The van der Waals surface area contributed by atoms with Gasteiger partial charge in [-0.15, -0.1) is 0 Å². The number of rotatable bonds is 7. The molecule has 0 unspecified atom stereocenters. The fraction of sp³-hybridized carbons (Fsp3) is 0.320. The standard InChI is InChI=1S/C25H27N5O3/c1-17-7-4-5-9-21(17)25(12-22(31)29(3)16-20-11-18(2)27-28-20)13-23(32)30(24(25)33)15-19-8-6-10-26-14-19/h4-11,14H,12-13,15-16H2,1-3H3,(H,27,28)/t25-/m0/s1. The Morgan fingerprint density at radius 3 is 2.64 bits per heavy atom. The first kappa shape index (κ1) is 22.4. The summed E-state index contributed by atoms with van der Waals surface area (Å²) in [6.07, 6.45) is 3.15. The van der Waals surface area contributed by atoms with E-state index in [9.17, 15) is 14.4 Å². The van der Waals surface area contributed by atoms with Crippen LogP contribution in [0.3, 0.4) is 0 Å². The zero-order valence-electron chi connectivity index (χ0n) is 19.0. The van der Waals surface area contributed by atoms with Gasteiger partial charge in [0.25, 0.3) is 0 Å². The van der Waals surface area contributed by atoms with E-state index in [0.29, 0.717) is 6.54 Å². The summed E-state index contributed by atoms with van der Waals surface area (Å²) in [4.78, 5) is 47.1. The van der Waals surface area contributed by atoms with Crippen LogP contribution >= 0.6 is 0 Å². The predicted molar refractivity (Wildman–Crippen MR) is 122 cm³/mol. The Morgan fingerprint density at radius 2 is 1.97 bits per heavy atom. The molecule has 1 aliphatic heterocycles. The van der Waals surface area contributed by atoms with E-state index in [1.54, 1.807) is 30.4 Å². The van der Waals surface area contributed by atoms with Crippen LogP contribution < -0.4 is 0 Å². The molecule has 3 amide bonds. The smallest absolute Gasteiger partial charge is 0.241 e. The highest BCUT2D eigenvalue weighted by molar-refractivity contribution is 6.10. The van der Waals surface area contributed by atoms with Crippen LogP contribution in [0.5, 0.6) is 0 Å². The second-order valence-electron chi connectivity index (χ2n) is 8.69. The summed E-state index contributed by atoms with van der Waals surface area (Å²) >= 11 is 0. The van der Waals surface area contributed by atoms with Crippen LogP contribution in [0.4, 0.5) is 0 Å². The van der Waals surface area contributed by atoms with Crippen LogP contribution in [-0.2, 0) is 32.9 Å². The van der Waals surface area contributed by atoms with Crippen molar-refractivity contribution in [2.45, 2.75) is 45.2 Å². The lowest BCUT2D eigenvalue weighted by atomic mass is 9.74. The number of hydrogen-bond acceptors (Lipinski definition) is 5. The third-order valence-corrected chi connectivity index (χ3v) is 6.17. The highest BCUT2D eigenvalue weighted by Crippen LogP contribution is 2.42. The van der Waals surface area contributed by atoms with Crippen LogP contribution in [0.1, 0.15) is 40.9 Å². The second-order valence-corrected chi connectivity index (χ2v) is 8.69. The zero-order valence-corrected chi connectivity index (χ0v) is 19.0. The van der Waals surface area contributed by atoms with Gasteiger partial charge in [0.2, 0.25) is 17.7 Å². The van der Waals surface area contributed by atoms with E-state index in [4.69, 9.17) is 0 Å². The molecule has 1 fully saturated rings. The Bertz CT molecular complexity index is 1190. The van der Waals surface area contributed by atoms with Gasteiger partial charge in [0.1, 0.15) is 0 Å². The third kappa shape index (κ3) is 4.41. The van der Waals surface area contributed by atoms with E-state index < -0.39 is 5.41 Å². The van der Waals surface area contributed by atoms with Gasteiger partial charge in [-0.1, -0.05) is 30.3 Å². The van der Waals surface area contributed by atoms with Crippen LogP contribution in [-0.4, -0.2) is 49.8 Å². The number of amides is 3. The van der Waals surface area contributed by atoms with Crippen LogP contribution in [0.2, 0.25) is 0 Å². The van der Waals surface area contributed by atoms with Gasteiger partial charge < -0.3 is 4.90 Å². The van der Waals surface area contributed by atoms with Crippen molar-refractivity contribution in [2.75, 3.05) is 7.05 Å². The Balaban J connectivity index is 1.65. The molecule has 1 atom stereocenters. The molecule has 8 heteroatoms. The van der Waals surface area contributed by atoms with Gasteiger partial charge >= 0.3 is 0 Å². The van der Waals surface area contributed by atoms with E-state index in [1.807, 2.05) is 50.2 Å². The van der Waals surface area contributed by atoms with Crippen molar-refractivity contribution in [1.29, 1.82) is 0 Å². The number of benzene rings is 1. The highest BCUT2D eigenvalue weighted by atomic mass is 16.2. The highest BCUT2D eigenvalue weighted by Gasteiger charge is 2.54. The number of pyridine rings is 1. The topological polar surface area (TPSA) is 99.3 Å². The summed E-state index contributed by atoms with van der Waals surface area (Å²) in [5.41, 5.74) is 2.76. The molecule has 1 saturated heterocycles. The fourth-order valence-electron chi connectivity index (χ4n) is 4.47. The lowest BCUT2D eigenvalue weighted by Crippen LogP contribution is -2.42. The number of likely N-dealkylation sites (tertiary alicyclic amines) is 1. The number of aromatic amines is 1. The molecule has 8 nitrogen and oxygen atoms in total. The number of hydrogen-bond donors (Lipinski definition) is 1. The summed E-state index contributed by atoms with van der Waals surface area (Å²) in [5, 5.41) is 7.06. The summed E-state index contributed by atoms with van der Waals surface area (Å²) in [6, 6.07) is 12.9. The first-order valence-electron chi connectivity index (χ1n) is 10.8. The minimum Gasteiger partial charge on any atom is -0.340 e. The molecule has 0 aliphatic carbocycles. The molecule has 4 rings (SSSR count). The first-order valence-corrected chi connectivity index (χ1v) is 10.8. The molecule has 33 heavy (non-hydrogen) atoms. The normalized spacial score (nSPS) is 18.1. The van der Waals surface area contributed by atoms with Gasteiger partial charge in [0.05, 0.1) is 24.2 Å². The number of nitrogens with zero attached hydrogens (tertiary/aromatic N) is 4. The van der Waals surface area contributed by atoms with Crippen molar-refractivity contribution in [2.24, 2.45) is 0 Å². The van der Waals surface area contributed by atoms with Crippen molar-refractivity contribution in [3.63, 3.8) is 0 Å². The summed E-state index contributed by atoms with van der Waals surface area (Å²) in [6.45, 7) is 4.24. The Labute approximate surface area is 192 Å². The Kier molecular flexibility index (Phi) is 6.09. The second kappa shape index (κ2) is 8.97. The maximum absolute atomic E-state index is 13.8. The maximum Gasteiger partial charge on any atom is 0.241 e. The average molecular weight is 446 g/mol. The van der Waals surface area contributed by atoms with Gasteiger partial charge in [-0.3, -0.25) is 29.4 Å². The van der Waals surface area contributed by atoms with Gasteiger partial charge in [0, 0.05) is 38.0 Å². The summed E-state index contributed by atoms with van der Waals surface area (Å²) < 4.78 is 0. The quantitative estimate of drug-likeness (QED) is 0.564. The zero-order chi connectivity index (χ0) is 23.6. The van der Waals surface area contributed by atoms with E-state index in [0.717, 1.165) is 28.1 Å². The molecule has 3 heterocycles. The van der Waals surface area contributed by atoms with Gasteiger partial charge in [-0.05, 0) is 42.7 Å². The Morgan fingerprint density at radius 1 is 1.18 bits per heavy atom. The number of carbonyl (C=O) groups is 3. The molecule has 1 aromatic carbocycles. The lowest BCUT2D eigenvalue weighted by Gasteiger charge is -2.30. The molecule has 0 spiro atoms. The van der Waals surface area contributed by atoms with Crippen molar-refractivity contribution in [3.8, 4) is 0 Å². The molecule has 1 aliphatic rings. The van der Waals surface area contributed by atoms with Gasteiger partial charge in [-0.25, -0.2) is 0 Å². The molecule has 170 valence electrons. The molecular formula is C25H27N5O3. The largest absolute Gasteiger partial charge is 0.340 e. The summed E-state index contributed by atoms with van der Waals surface area (Å²) in [5.74, 6) is -0.850. The number of aryl methyl sites for hydroxylation is 2. The molecular weight excluding hydrogens is 418 g/mol. The predicted octanol–water partition coefficient (Wildman–Crippen LogP) is 2.67. The molecule has 0 radical (unpaired) electrons. The number of H-pyrrole nitrogens is 1. The van der Waals surface area contributed by atoms with Gasteiger partial charge in [-0.2, -0.15) is 5.10 Å². The molecule has 0 saturated carbocycles.